The number of benzene rings is 1. The van der Waals surface area contributed by atoms with Crippen molar-refractivity contribution >= 4 is 16.7 Å². The summed E-state index contributed by atoms with van der Waals surface area (Å²) < 4.78 is 0. The first-order valence-corrected chi connectivity index (χ1v) is 5.84. The molecule has 0 amide bonds. The fourth-order valence-corrected chi connectivity index (χ4v) is 1.97. The Morgan fingerprint density at radius 2 is 2.11 bits per heavy atom. The molecule has 0 N–H and O–H groups in total. The van der Waals surface area contributed by atoms with Crippen molar-refractivity contribution in [2.24, 2.45) is 7.05 Å². The second-order valence-electron chi connectivity index (χ2n) is 4.17. The minimum atomic E-state index is -0.0356. The van der Waals surface area contributed by atoms with E-state index in [1.165, 1.54) is 4.80 Å². The third kappa shape index (κ3) is 2.20. The SMILES string of the molecule is Cn1nnc(CC(=O)c2ccnc3ccccc23)n1. The molecule has 0 radical (unpaired) electrons. The van der Waals surface area contributed by atoms with Crippen LogP contribution in [0.5, 0.6) is 0 Å². The van der Waals surface area contributed by atoms with Crippen LogP contribution < -0.4 is 0 Å². The third-order valence-electron chi connectivity index (χ3n) is 2.82. The molecule has 0 spiro atoms. The van der Waals surface area contributed by atoms with Crippen LogP contribution in [0.4, 0.5) is 0 Å². The second kappa shape index (κ2) is 4.56. The number of Topliss-reactive ketones (excluding diaryl/α,β-unsaturated/α-hetero) is 1. The summed E-state index contributed by atoms with van der Waals surface area (Å²) in [6.45, 7) is 0. The van der Waals surface area contributed by atoms with Gasteiger partial charge in [0.1, 0.15) is 0 Å². The van der Waals surface area contributed by atoms with Gasteiger partial charge >= 0.3 is 0 Å². The normalized spacial score (nSPS) is 10.8. The Kier molecular flexibility index (Phi) is 2.75. The van der Waals surface area contributed by atoms with Gasteiger partial charge in [-0.15, -0.1) is 10.2 Å². The molecule has 0 aliphatic heterocycles. The van der Waals surface area contributed by atoms with Crippen molar-refractivity contribution in [3.8, 4) is 0 Å². The number of carbonyl (C=O) groups excluding carboxylic acids is 1. The zero-order valence-corrected chi connectivity index (χ0v) is 10.3. The maximum absolute atomic E-state index is 12.3. The number of carbonyl (C=O) groups is 1. The van der Waals surface area contributed by atoms with Crippen molar-refractivity contribution in [3.63, 3.8) is 0 Å². The quantitative estimate of drug-likeness (QED) is 0.655. The van der Waals surface area contributed by atoms with Gasteiger partial charge in [-0.2, -0.15) is 4.80 Å². The van der Waals surface area contributed by atoms with E-state index in [0.29, 0.717) is 11.4 Å². The monoisotopic (exact) mass is 253 g/mol. The lowest BCUT2D eigenvalue weighted by molar-refractivity contribution is 0.0992. The van der Waals surface area contributed by atoms with Gasteiger partial charge < -0.3 is 0 Å². The lowest BCUT2D eigenvalue weighted by Gasteiger charge is -2.03. The topological polar surface area (TPSA) is 73.6 Å². The molecule has 0 saturated heterocycles. The molecule has 2 heterocycles. The minimum absolute atomic E-state index is 0.0356. The highest BCUT2D eigenvalue weighted by atomic mass is 16.1. The molecule has 6 heteroatoms. The molecule has 0 aliphatic carbocycles. The standard InChI is InChI=1S/C13H11N5O/c1-18-16-13(15-17-18)8-12(19)10-6-7-14-11-5-3-2-4-9(10)11/h2-7H,8H2,1H3. The van der Waals surface area contributed by atoms with Crippen LogP contribution in [0.15, 0.2) is 36.5 Å². The van der Waals surface area contributed by atoms with Gasteiger partial charge in [0, 0.05) is 17.1 Å². The lowest BCUT2D eigenvalue weighted by atomic mass is 10.0. The molecular weight excluding hydrogens is 242 g/mol. The van der Waals surface area contributed by atoms with Crippen LogP contribution in [0.3, 0.4) is 0 Å². The number of tetrazole rings is 1. The number of hydrogen-bond donors (Lipinski definition) is 0. The van der Waals surface area contributed by atoms with Crippen LogP contribution in [0.1, 0.15) is 16.2 Å². The van der Waals surface area contributed by atoms with E-state index in [1.807, 2.05) is 24.3 Å². The Labute approximate surface area is 109 Å². The summed E-state index contributed by atoms with van der Waals surface area (Å²) in [6.07, 6.45) is 1.78. The number of aryl methyl sites for hydroxylation is 1. The molecule has 0 aliphatic rings. The number of nitrogens with zero attached hydrogens (tertiary/aromatic N) is 5. The van der Waals surface area contributed by atoms with Crippen molar-refractivity contribution < 1.29 is 4.79 Å². The van der Waals surface area contributed by atoms with Crippen LogP contribution in [-0.4, -0.2) is 31.0 Å². The maximum atomic E-state index is 12.3. The fraction of sp³-hybridized carbons (Fsp3) is 0.154. The van der Waals surface area contributed by atoms with Gasteiger partial charge in [0.25, 0.3) is 0 Å². The van der Waals surface area contributed by atoms with Crippen LogP contribution in [-0.2, 0) is 13.5 Å². The van der Waals surface area contributed by atoms with Gasteiger partial charge in [-0.3, -0.25) is 9.78 Å². The Morgan fingerprint density at radius 1 is 1.26 bits per heavy atom. The molecule has 0 fully saturated rings. The van der Waals surface area contributed by atoms with E-state index in [4.69, 9.17) is 0 Å². The van der Waals surface area contributed by atoms with Gasteiger partial charge in [-0.25, -0.2) is 0 Å². The van der Waals surface area contributed by atoms with Crippen molar-refractivity contribution in [2.45, 2.75) is 6.42 Å². The van der Waals surface area contributed by atoms with Crippen molar-refractivity contribution in [1.82, 2.24) is 25.2 Å². The Hall–Kier alpha value is -2.63. The zero-order chi connectivity index (χ0) is 13.2. The summed E-state index contributed by atoms with van der Waals surface area (Å²) in [4.78, 5) is 17.9. The molecule has 1 aromatic carbocycles. The number of rotatable bonds is 3. The smallest absolute Gasteiger partial charge is 0.182 e. The molecule has 6 nitrogen and oxygen atoms in total. The first-order valence-electron chi connectivity index (χ1n) is 5.84. The van der Waals surface area contributed by atoms with Crippen molar-refractivity contribution in [1.29, 1.82) is 0 Å². The van der Waals surface area contributed by atoms with Gasteiger partial charge in [0.05, 0.1) is 19.0 Å². The van der Waals surface area contributed by atoms with Crippen LogP contribution >= 0.6 is 0 Å². The minimum Gasteiger partial charge on any atom is -0.294 e. The van der Waals surface area contributed by atoms with E-state index in [-0.39, 0.29) is 12.2 Å². The lowest BCUT2D eigenvalue weighted by Crippen LogP contribution is -2.06. The third-order valence-corrected chi connectivity index (χ3v) is 2.82. The molecule has 0 saturated carbocycles. The molecule has 0 atom stereocenters. The first kappa shape index (κ1) is 11.5. The first-order chi connectivity index (χ1) is 9.24. The number of pyridine rings is 1. The summed E-state index contributed by atoms with van der Waals surface area (Å²) in [5, 5.41) is 12.4. The van der Waals surface area contributed by atoms with Gasteiger partial charge in [0.2, 0.25) is 0 Å². The van der Waals surface area contributed by atoms with E-state index in [0.717, 1.165) is 10.9 Å². The fourth-order valence-electron chi connectivity index (χ4n) is 1.97. The molecule has 2 aromatic heterocycles. The van der Waals surface area contributed by atoms with E-state index >= 15 is 0 Å². The van der Waals surface area contributed by atoms with E-state index in [9.17, 15) is 4.79 Å². The summed E-state index contributed by atoms with van der Waals surface area (Å²) >= 11 is 0. The highest BCUT2D eigenvalue weighted by Crippen LogP contribution is 2.17. The Bertz CT molecular complexity index is 744. The molecule has 94 valence electrons. The van der Waals surface area contributed by atoms with Crippen LogP contribution in [0.2, 0.25) is 0 Å². The van der Waals surface area contributed by atoms with E-state index in [2.05, 4.69) is 20.4 Å². The van der Waals surface area contributed by atoms with E-state index in [1.54, 1.807) is 19.3 Å². The summed E-state index contributed by atoms with van der Waals surface area (Å²) in [5.41, 5.74) is 1.44. The number of ketones is 1. The Morgan fingerprint density at radius 3 is 2.89 bits per heavy atom. The average molecular weight is 253 g/mol. The maximum Gasteiger partial charge on any atom is 0.182 e. The molecule has 19 heavy (non-hydrogen) atoms. The van der Waals surface area contributed by atoms with Gasteiger partial charge in [-0.05, 0) is 17.3 Å². The zero-order valence-electron chi connectivity index (χ0n) is 10.3. The molecule has 3 aromatic rings. The number of fused-ring (bicyclic) bond motifs is 1. The van der Waals surface area contributed by atoms with Crippen molar-refractivity contribution in [2.75, 3.05) is 0 Å². The number of aromatic nitrogens is 5. The molecule has 0 bridgehead atoms. The predicted octanol–water partition coefficient (Wildman–Crippen LogP) is 1.18. The number of para-hydroxylation sites is 1. The summed E-state index contributed by atoms with van der Waals surface area (Å²) in [7, 11) is 1.67. The Balaban J connectivity index is 1.97. The van der Waals surface area contributed by atoms with Gasteiger partial charge in [-0.1, -0.05) is 18.2 Å². The van der Waals surface area contributed by atoms with Crippen LogP contribution in [0.25, 0.3) is 10.9 Å². The van der Waals surface area contributed by atoms with Crippen LogP contribution in [0, 0.1) is 0 Å². The predicted molar refractivity (Wildman–Crippen MR) is 68.6 cm³/mol. The highest BCUT2D eigenvalue weighted by Gasteiger charge is 2.13. The molecular formula is C13H11N5O. The number of hydrogen-bond acceptors (Lipinski definition) is 5. The van der Waals surface area contributed by atoms with Crippen molar-refractivity contribution in [3.05, 3.63) is 47.9 Å². The largest absolute Gasteiger partial charge is 0.294 e. The summed E-state index contributed by atoms with van der Waals surface area (Å²) in [5.74, 6) is 0.389. The van der Waals surface area contributed by atoms with E-state index < -0.39 is 0 Å². The molecule has 0 unspecified atom stereocenters. The summed E-state index contributed by atoms with van der Waals surface area (Å²) in [6, 6.07) is 9.28. The second-order valence-corrected chi connectivity index (χ2v) is 4.17. The highest BCUT2D eigenvalue weighted by molar-refractivity contribution is 6.07. The average Bonchev–Trinajstić information content (AvgIpc) is 2.83. The molecule has 3 rings (SSSR count). The van der Waals surface area contributed by atoms with Gasteiger partial charge in [0.15, 0.2) is 11.6 Å².